The summed E-state index contributed by atoms with van der Waals surface area (Å²) < 4.78 is 28.8. The zero-order chi connectivity index (χ0) is 15.7. The van der Waals surface area contributed by atoms with Crippen LogP contribution in [0.3, 0.4) is 0 Å². The van der Waals surface area contributed by atoms with Crippen molar-refractivity contribution in [1.82, 2.24) is 10.6 Å². The summed E-state index contributed by atoms with van der Waals surface area (Å²) >= 11 is 5.71. The first-order valence-electron chi connectivity index (χ1n) is 6.40. The van der Waals surface area contributed by atoms with Gasteiger partial charge >= 0.3 is 0 Å². The third-order valence-electron chi connectivity index (χ3n) is 2.63. The lowest BCUT2D eigenvalue weighted by Gasteiger charge is -2.07. The third kappa shape index (κ3) is 6.90. The van der Waals surface area contributed by atoms with E-state index in [0.29, 0.717) is 18.2 Å². The monoisotopic (exact) mass is 334 g/mol. The van der Waals surface area contributed by atoms with Gasteiger partial charge in [-0.3, -0.25) is 4.79 Å². The Morgan fingerprint density at radius 3 is 2.52 bits per heavy atom. The molecular formula is C13H19ClN2O4S. The first kappa shape index (κ1) is 17.9. The minimum Gasteiger partial charge on any atom is -0.383 e. The van der Waals surface area contributed by atoms with Crippen LogP contribution in [0.2, 0.25) is 5.02 Å². The van der Waals surface area contributed by atoms with Crippen molar-refractivity contribution in [3.05, 3.63) is 29.3 Å². The van der Waals surface area contributed by atoms with E-state index in [1.807, 2.05) is 0 Å². The quantitative estimate of drug-likeness (QED) is 0.641. The van der Waals surface area contributed by atoms with Crippen LogP contribution in [0, 0.1) is 0 Å². The van der Waals surface area contributed by atoms with Gasteiger partial charge in [0.2, 0.25) is 5.91 Å². The number of halogens is 1. The van der Waals surface area contributed by atoms with Gasteiger partial charge in [0.25, 0.3) is 0 Å². The highest BCUT2D eigenvalue weighted by molar-refractivity contribution is 7.91. The fraction of sp³-hybridized carbons (Fsp3) is 0.462. The second-order valence-corrected chi connectivity index (χ2v) is 6.84. The molecule has 0 aliphatic carbocycles. The maximum absolute atomic E-state index is 12.0. The largest absolute Gasteiger partial charge is 0.383 e. The zero-order valence-corrected chi connectivity index (χ0v) is 13.3. The fourth-order valence-corrected chi connectivity index (χ4v) is 2.81. The van der Waals surface area contributed by atoms with E-state index in [1.165, 1.54) is 24.3 Å². The number of hydrogen-bond acceptors (Lipinski definition) is 5. The molecule has 0 unspecified atom stereocenters. The molecule has 8 heteroatoms. The third-order valence-corrected chi connectivity index (χ3v) is 4.62. The van der Waals surface area contributed by atoms with Crippen molar-refractivity contribution in [2.24, 2.45) is 0 Å². The molecule has 21 heavy (non-hydrogen) atoms. The Labute approximate surface area is 129 Å². The lowest BCUT2D eigenvalue weighted by atomic mass is 10.4. The van der Waals surface area contributed by atoms with Crippen LogP contribution in [0.25, 0.3) is 0 Å². The summed E-state index contributed by atoms with van der Waals surface area (Å²) in [6, 6.07) is 5.94. The van der Waals surface area contributed by atoms with Crippen LogP contribution >= 0.6 is 11.6 Å². The Hall–Kier alpha value is -1.15. The molecule has 0 aliphatic heterocycles. The molecule has 2 N–H and O–H groups in total. The van der Waals surface area contributed by atoms with Crippen LogP contribution in [0.1, 0.15) is 0 Å². The first-order chi connectivity index (χ1) is 9.95. The van der Waals surface area contributed by atoms with Gasteiger partial charge in [-0.25, -0.2) is 8.42 Å². The maximum Gasteiger partial charge on any atom is 0.233 e. The number of ether oxygens (including phenoxy) is 1. The number of hydrogen-bond donors (Lipinski definition) is 2. The van der Waals surface area contributed by atoms with Gasteiger partial charge in [0.1, 0.15) is 0 Å². The van der Waals surface area contributed by atoms with E-state index in [2.05, 4.69) is 10.6 Å². The van der Waals surface area contributed by atoms with E-state index in [0.717, 1.165) is 0 Å². The van der Waals surface area contributed by atoms with Crippen LogP contribution in [-0.4, -0.2) is 53.4 Å². The maximum atomic E-state index is 12.0. The lowest BCUT2D eigenvalue weighted by Crippen LogP contribution is -2.37. The molecule has 1 amide bonds. The minimum atomic E-state index is -3.42. The van der Waals surface area contributed by atoms with E-state index in [9.17, 15) is 13.2 Å². The van der Waals surface area contributed by atoms with Gasteiger partial charge in [-0.05, 0) is 24.3 Å². The van der Waals surface area contributed by atoms with E-state index in [1.54, 1.807) is 7.11 Å². The van der Waals surface area contributed by atoms with Gasteiger partial charge in [0.15, 0.2) is 9.84 Å². The SMILES string of the molecule is COCCNCC(=O)NCCS(=O)(=O)c1ccc(Cl)cc1. The summed E-state index contributed by atoms with van der Waals surface area (Å²) in [5.41, 5.74) is 0. The summed E-state index contributed by atoms with van der Waals surface area (Å²) in [4.78, 5) is 11.6. The van der Waals surface area contributed by atoms with E-state index >= 15 is 0 Å². The van der Waals surface area contributed by atoms with Gasteiger partial charge in [-0.2, -0.15) is 0 Å². The van der Waals surface area contributed by atoms with Crippen molar-refractivity contribution in [1.29, 1.82) is 0 Å². The molecule has 0 saturated heterocycles. The number of amides is 1. The Morgan fingerprint density at radius 1 is 1.24 bits per heavy atom. The van der Waals surface area contributed by atoms with E-state index < -0.39 is 9.84 Å². The van der Waals surface area contributed by atoms with Gasteiger partial charge in [0, 0.05) is 25.2 Å². The molecule has 118 valence electrons. The molecule has 1 rings (SSSR count). The van der Waals surface area contributed by atoms with Crippen molar-refractivity contribution < 1.29 is 17.9 Å². The first-order valence-corrected chi connectivity index (χ1v) is 8.43. The average molecular weight is 335 g/mol. The molecule has 0 radical (unpaired) electrons. The second kappa shape index (κ2) is 8.99. The molecule has 0 heterocycles. The van der Waals surface area contributed by atoms with Gasteiger partial charge in [-0.15, -0.1) is 0 Å². The molecule has 0 atom stereocenters. The molecule has 1 aromatic carbocycles. The molecule has 6 nitrogen and oxygen atoms in total. The predicted molar refractivity (Wildman–Crippen MR) is 81.3 cm³/mol. The van der Waals surface area contributed by atoms with E-state index in [4.69, 9.17) is 16.3 Å². The normalized spacial score (nSPS) is 11.3. The Morgan fingerprint density at radius 2 is 1.90 bits per heavy atom. The molecule has 1 aromatic rings. The van der Waals surface area contributed by atoms with Crippen LogP contribution in [0.15, 0.2) is 29.2 Å². The Balaban J connectivity index is 2.34. The second-order valence-electron chi connectivity index (χ2n) is 4.29. The molecule has 0 aliphatic rings. The highest BCUT2D eigenvalue weighted by Crippen LogP contribution is 2.14. The van der Waals surface area contributed by atoms with Crippen LogP contribution < -0.4 is 10.6 Å². The van der Waals surface area contributed by atoms with Crippen molar-refractivity contribution in [2.75, 3.05) is 39.1 Å². The smallest absolute Gasteiger partial charge is 0.233 e. The summed E-state index contributed by atoms with van der Waals surface area (Å²) in [7, 11) is -1.84. The van der Waals surface area contributed by atoms with Crippen molar-refractivity contribution >= 4 is 27.3 Å². The summed E-state index contributed by atoms with van der Waals surface area (Å²) in [6.45, 7) is 1.27. The van der Waals surface area contributed by atoms with Crippen molar-refractivity contribution in [3.63, 3.8) is 0 Å². The van der Waals surface area contributed by atoms with Crippen LogP contribution in [0.5, 0.6) is 0 Å². The number of benzene rings is 1. The minimum absolute atomic E-state index is 0.0652. The predicted octanol–water partition coefficient (Wildman–Crippen LogP) is 0.466. The fourth-order valence-electron chi connectivity index (χ4n) is 1.52. The average Bonchev–Trinajstić information content (AvgIpc) is 2.44. The molecule has 0 aromatic heterocycles. The standard InChI is InChI=1S/C13H19ClN2O4S/c1-20-8-6-15-10-13(17)16-7-9-21(18,19)12-4-2-11(14)3-5-12/h2-5,15H,6-10H2,1H3,(H,16,17). The summed E-state index contributed by atoms with van der Waals surface area (Å²) in [6.07, 6.45) is 0. The lowest BCUT2D eigenvalue weighted by molar-refractivity contribution is -0.120. The highest BCUT2D eigenvalue weighted by Gasteiger charge is 2.14. The van der Waals surface area contributed by atoms with E-state index in [-0.39, 0.29) is 29.6 Å². The van der Waals surface area contributed by atoms with Gasteiger partial charge in [0.05, 0.1) is 23.8 Å². The van der Waals surface area contributed by atoms with Gasteiger partial charge < -0.3 is 15.4 Å². The van der Waals surface area contributed by atoms with Gasteiger partial charge in [-0.1, -0.05) is 11.6 Å². The highest BCUT2D eigenvalue weighted by atomic mass is 35.5. The molecule has 0 fully saturated rings. The topological polar surface area (TPSA) is 84.5 Å². The van der Waals surface area contributed by atoms with Crippen molar-refractivity contribution in [2.45, 2.75) is 4.90 Å². The number of rotatable bonds is 9. The number of carbonyl (C=O) groups is 1. The van der Waals surface area contributed by atoms with Crippen molar-refractivity contribution in [3.8, 4) is 0 Å². The Bertz CT molecular complexity index is 546. The number of methoxy groups -OCH3 is 1. The Kier molecular flexibility index (Phi) is 7.66. The number of nitrogens with one attached hydrogen (secondary N) is 2. The number of sulfone groups is 1. The van der Waals surface area contributed by atoms with Crippen LogP contribution in [0.4, 0.5) is 0 Å². The zero-order valence-electron chi connectivity index (χ0n) is 11.8. The molecule has 0 bridgehead atoms. The molecule has 0 spiro atoms. The summed E-state index contributed by atoms with van der Waals surface area (Å²) in [5.74, 6) is -0.407. The summed E-state index contributed by atoms with van der Waals surface area (Å²) in [5, 5.41) is 5.90. The molecular weight excluding hydrogens is 316 g/mol. The van der Waals surface area contributed by atoms with Crippen LogP contribution in [-0.2, 0) is 19.4 Å². The number of carbonyl (C=O) groups excluding carboxylic acids is 1. The molecule has 0 saturated carbocycles.